The second-order valence-electron chi connectivity index (χ2n) is 4.35. The molecule has 2 rings (SSSR count). The maximum Gasteiger partial charge on any atom is 0.225 e. The van der Waals surface area contributed by atoms with Gasteiger partial charge in [0.2, 0.25) is 5.88 Å². The molecule has 0 aromatic carbocycles. The number of nitrogens with two attached hydrogens (primary N) is 1. The molecule has 0 aliphatic carbocycles. The minimum atomic E-state index is -0.0241. The first kappa shape index (κ1) is 12.6. The lowest BCUT2D eigenvalue weighted by atomic mass is 10.1. The molecule has 0 radical (unpaired) electrons. The zero-order valence-electron chi connectivity index (χ0n) is 10.5. The van der Waals surface area contributed by atoms with E-state index < -0.39 is 0 Å². The summed E-state index contributed by atoms with van der Waals surface area (Å²) in [4.78, 5) is 4.32. The van der Waals surface area contributed by atoms with Crippen molar-refractivity contribution in [2.45, 2.75) is 26.4 Å². The Hall–Kier alpha value is -1.82. The van der Waals surface area contributed by atoms with E-state index in [0.29, 0.717) is 24.7 Å². The van der Waals surface area contributed by atoms with Gasteiger partial charge in [0.05, 0.1) is 18.8 Å². The number of ether oxygens (including phenoxy) is 2. The number of oxime groups is 1. The van der Waals surface area contributed by atoms with Crippen LogP contribution in [-0.4, -0.2) is 35.3 Å². The Labute approximate surface area is 105 Å². The summed E-state index contributed by atoms with van der Waals surface area (Å²) in [5.41, 5.74) is 7.90. The molecule has 18 heavy (non-hydrogen) atoms. The van der Waals surface area contributed by atoms with Crippen molar-refractivity contribution in [1.82, 2.24) is 4.98 Å². The van der Waals surface area contributed by atoms with Crippen molar-refractivity contribution in [3.63, 3.8) is 0 Å². The van der Waals surface area contributed by atoms with Gasteiger partial charge in [0.15, 0.2) is 5.84 Å². The Balaban J connectivity index is 2.36. The first-order valence-electron chi connectivity index (χ1n) is 5.82. The van der Waals surface area contributed by atoms with Crippen molar-refractivity contribution < 1.29 is 14.7 Å². The summed E-state index contributed by atoms with van der Waals surface area (Å²) < 4.78 is 11.0. The Morgan fingerprint density at radius 3 is 3.00 bits per heavy atom. The van der Waals surface area contributed by atoms with E-state index in [-0.39, 0.29) is 11.9 Å². The molecule has 1 saturated heterocycles. The van der Waals surface area contributed by atoms with Crippen LogP contribution < -0.4 is 10.5 Å². The second kappa shape index (κ2) is 5.22. The highest BCUT2D eigenvalue weighted by molar-refractivity contribution is 6.00. The van der Waals surface area contributed by atoms with Gasteiger partial charge < -0.3 is 20.4 Å². The van der Waals surface area contributed by atoms with Crippen molar-refractivity contribution in [2.75, 3.05) is 13.2 Å². The third-order valence-corrected chi connectivity index (χ3v) is 2.84. The van der Waals surface area contributed by atoms with Gasteiger partial charge in [-0.3, -0.25) is 0 Å². The molecule has 1 aromatic rings. The zero-order valence-corrected chi connectivity index (χ0v) is 10.5. The number of pyridine rings is 1. The number of amidine groups is 1. The molecule has 6 heteroatoms. The summed E-state index contributed by atoms with van der Waals surface area (Å²) in [6.45, 7) is 4.99. The summed E-state index contributed by atoms with van der Waals surface area (Å²) >= 11 is 0. The monoisotopic (exact) mass is 251 g/mol. The Bertz CT molecular complexity index is 468. The molecule has 0 bridgehead atoms. The van der Waals surface area contributed by atoms with Gasteiger partial charge in [0.25, 0.3) is 0 Å². The van der Waals surface area contributed by atoms with Gasteiger partial charge in [0, 0.05) is 12.1 Å². The molecule has 1 atom stereocenters. The molecule has 98 valence electrons. The largest absolute Gasteiger partial charge is 0.471 e. The highest BCUT2D eigenvalue weighted by atomic mass is 16.5. The third-order valence-electron chi connectivity index (χ3n) is 2.84. The van der Waals surface area contributed by atoms with E-state index in [1.807, 2.05) is 19.9 Å². The third kappa shape index (κ3) is 2.53. The van der Waals surface area contributed by atoms with Crippen LogP contribution in [0.1, 0.15) is 23.2 Å². The van der Waals surface area contributed by atoms with E-state index >= 15 is 0 Å². The molecule has 3 N–H and O–H groups in total. The van der Waals surface area contributed by atoms with Crippen LogP contribution in [0.2, 0.25) is 0 Å². The standard InChI is InChI=1S/C12H17N3O3/c1-7-5-8(2)14-12(10(7)11(13)15-16)18-9-3-4-17-6-9/h5,9,16H,3-4,6H2,1-2H3,(H2,13,15). The van der Waals surface area contributed by atoms with Gasteiger partial charge >= 0.3 is 0 Å². The van der Waals surface area contributed by atoms with Crippen LogP contribution in [0.3, 0.4) is 0 Å². The average Bonchev–Trinajstić information content (AvgIpc) is 2.80. The molecule has 1 aliphatic rings. The molecule has 6 nitrogen and oxygen atoms in total. The Morgan fingerprint density at radius 2 is 2.39 bits per heavy atom. The van der Waals surface area contributed by atoms with E-state index in [0.717, 1.165) is 17.7 Å². The van der Waals surface area contributed by atoms with Gasteiger partial charge in [-0.15, -0.1) is 0 Å². The molecular formula is C12H17N3O3. The van der Waals surface area contributed by atoms with Crippen LogP contribution in [0.25, 0.3) is 0 Å². The van der Waals surface area contributed by atoms with Gasteiger partial charge in [-0.1, -0.05) is 5.16 Å². The number of aromatic nitrogens is 1. The van der Waals surface area contributed by atoms with Crippen LogP contribution in [0.15, 0.2) is 11.2 Å². The van der Waals surface area contributed by atoms with Crippen LogP contribution in [0.4, 0.5) is 0 Å². The summed E-state index contributed by atoms with van der Waals surface area (Å²) in [6.07, 6.45) is 0.800. The number of rotatable bonds is 3. The Morgan fingerprint density at radius 1 is 1.61 bits per heavy atom. The van der Waals surface area contributed by atoms with Crippen LogP contribution in [0.5, 0.6) is 5.88 Å². The van der Waals surface area contributed by atoms with Crippen molar-refractivity contribution in [3.05, 3.63) is 22.9 Å². The summed E-state index contributed by atoms with van der Waals surface area (Å²) in [7, 11) is 0. The lowest BCUT2D eigenvalue weighted by molar-refractivity contribution is 0.137. The first-order chi connectivity index (χ1) is 8.61. The fourth-order valence-electron chi connectivity index (χ4n) is 2.01. The van der Waals surface area contributed by atoms with Gasteiger partial charge in [0.1, 0.15) is 6.10 Å². The molecule has 0 saturated carbocycles. The lowest BCUT2D eigenvalue weighted by Crippen LogP contribution is -2.22. The maximum absolute atomic E-state index is 8.82. The van der Waals surface area contributed by atoms with E-state index in [4.69, 9.17) is 20.4 Å². The maximum atomic E-state index is 8.82. The topological polar surface area (TPSA) is 90.0 Å². The van der Waals surface area contributed by atoms with E-state index in [1.54, 1.807) is 0 Å². The van der Waals surface area contributed by atoms with E-state index in [1.165, 1.54) is 0 Å². The minimum absolute atomic E-state index is 0.00825. The van der Waals surface area contributed by atoms with Crippen LogP contribution in [-0.2, 0) is 4.74 Å². The fourth-order valence-corrected chi connectivity index (χ4v) is 2.01. The minimum Gasteiger partial charge on any atom is -0.471 e. The fraction of sp³-hybridized carbons (Fsp3) is 0.500. The van der Waals surface area contributed by atoms with E-state index in [2.05, 4.69) is 10.1 Å². The van der Waals surface area contributed by atoms with Crippen molar-refractivity contribution in [3.8, 4) is 5.88 Å². The first-order valence-corrected chi connectivity index (χ1v) is 5.82. The smallest absolute Gasteiger partial charge is 0.225 e. The van der Waals surface area contributed by atoms with E-state index in [9.17, 15) is 0 Å². The molecule has 2 heterocycles. The molecular weight excluding hydrogens is 234 g/mol. The zero-order chi connectivity index (χ0) is 13.1. The SMILES string of the molecule is Cc1cc(C)c(C(N)=NO)c(OC2CCOC2)n1. The number of aryl methyl sites for hydroxylation is 2. The second-order valence-corrected chi connectivity index (χ2v) is 4.35. The summed E-state index contributed by atoms with van der Waals surface area (Å²) in [6, 6.07) is 1.87. The predicted molar refractivity (Wildman–Crippen MR) is 66.1 cm³/mol. The van der Waals surface area contributed by atoms with Gasteiger partial charge in [-0.25, -0.2) is 4.98 Å². The summed E-state index contributed by atoms with van der Waals surface area (Å²) in [5.74, 6) is 0.409. The molecule has 1 aliphatic heterocycles. The van der Waals surface area contributed by atoms with Crippen molar-refractivity contribution in [2.24, 2.45) is 10.9 Å². The molecule has 0 amide bonds. The molecule has 1 unspecified atom stereocenters. The highest BCUT2D eigenvalue weighted by Crippen LogP contribution is 2.23. The van der Waals surface area contributed by atoms with Crippen LogP contribution >= 0.6 is 0 Å². The average molecular weight is 251 g/mol. The lowest BCUT2D eigenvalue weighted by Gasteiger charge is -2.16. The predicted octanol–water partition coefficient (Wildman–Crippen LogP) is 0.961. The number of nitrogens with zero attached hydrogens (tertiary/aromatic N) is 2. The molecule has 1 fully saturated rings. The quantitative estimate of drug-likeness (QED) is 0.361. The van der Waals surface area contributed by atoms with Gasteiger partial charge in [-0.05, 0) is 25.5 Å². The van der Waals surface area contributed by atoms with Crippen molar-refractivity contribution in [1.29, 1.82) is 0 Å². The van der Waals surface area contributed by atoms with Gasteiger partial charge in [-0.2, -0.15) is 0 Å². The Kier molecular flexibility index (Phi) is 3.66. The number of hydrogen-bond donors (Lipinski definition) is 2. The van der Waals surface area contributed by atoms with Crippen molar-refractivity contribution >= 4 is 5.84 Å². The highest BCUT2D eigenvalue weighted by Gasteiger charge is 2.22. The molecule has 0 spiro atoms. The summed E-state index contributed by atoms with van der Waals surface area (Å²) in [5, 5.41) is 11.8. The normalized spacial score (nSPS) is 20.1. The number of hydrogen-bond acceptors (Lipinski definition) is 5. The molecule has 1 aromatic heterocycles. The van der Waals surface area contributed by atoms with Crippen LogP contribution in [0, 0.1) is 13.8 Å².